The van der Waals surface area contributed by atoms with Crippen molar-refractivity contribution in [2.45, 2.75) is 39.3 Å². The summed E-state index contributed by atoms with van der Waals surface area (Å²) in [5.41, 5.74) is 2.55. The maximum atomic E-state index is 5.76. The van der Waals surface area contributed by atoms with Crippen molar-refractivity contribution in [1.82, 2.24) is 5.32 Å². The van der Waals surface area contributed by atoms with E-state index in [0.717, 1.165) is 18.3 Å². The van der Waals surface area contributed by atoms with E-state index in [-0.39, 0.29) is 0 Å². The predicted octanol–water partition coefficient (Wildman–Crippen LogP) is 3.20. The Morgan fingerprint density at radius 2 is 2.24 bits per heavy atom. The molecule has 1 aliphatic rings. The topological polar surface area (TPSA) is 21.3 Å². The van der Waals surface area contributed by atoms with Gasteiger partial charge in [-0.2, -0.15) is 0 Å². The summed E-state index contributed by atoms with van der Waals surface area (Å²) in [6.45, 7) is 5.69. The van der Waals surface area contributed by atoms with Crippen LogP contribution in [0.1, 0.15) is 30.9 Å². The van der Waals surface area contributed by atoms with Gasteiger partial charge in [0.15, 0.2) is 0 Å². The Morgan fingerprint density at radius 3 is 2.94 bits per heavy atom. The van der Waals surface area contributed by atoms with Crippen LogP contribution in [0.2, 0.25) is 0 Å². The molecule has 0 aliphatic heterocycles. The van der Waals surface area contributed by atoms with Crippen molar-refractivity contribution in [3.63, 3.8) is 0 Å². The van der Waals surface area contributed by atoms with Gasteiger partial charge in [-0.15, -0.1) is 0 Å². The van der Waals surface area contributed by atoms with Crippen LogP contribution in [0, 0.1) is 6.92 Å². The Balaban J connectivity index is 2.00. The third-order valence-corrected chi connectivity index (χ3v) is 2.95. The zero-order valence-corrected chi connectivity index (χ0v) is 10.7. The Hall–Kier alpha value is -1.28. The minimum atomic E-state index is 0.649. The number of hydrogen-bond donors (Lipinski definition) is 1. The summed E-state index contributed by atoms with van der Waals surface area (Å²) in [5.74, 6) is 1.00. The second-order valence-corrected chi connectivity index (χ2v) is 4.65. The van der Waals surface area contributed by atoms with Gasteiger partial charge in [-0.05, 0) is 32.8 Å². The molecule has 0 radical (unpaired) electrons. The fourth-order valence-corrected chi connectivity index (χ4v) is 1.76. The van der Waals surface area contributed by atoms with Crippen LogP contribution in [-0.2, 0) is 6.54 Å². The average Bonchev–Trinajstić information content (AvgIpc) is 3.13. The zero-order valence-electron chi connectivity index (χ0n) is 10.7. The molecule has 0 saturated heterocycles. The molecule has 1 saturated carbocycles. The number of rotatable bonds is 6. The van der Waals surface area contributed by atoms with E-state index in [2.05, 4.69) is 30.4 Å². The second-order valence-electron chi connectivity index (χ2n) is 4.65. The highest BCUT2D eigenvalue weighted by Gasteiger charge is 2.20. The molecule has 2 heteroatoms. The summed E-state index contributed by atoms with van der Waals surface area (Å²) in [6.07, 6.45) is 6.68. The van der Waals surface area contributed by atoms with Gasteiger partial charge in [0.2, 0.25) is 0 Å². The van der Waals surface area contributed by atoms with E-state index in [1.165, 1.54) is 24.0 Å². The lowest BCUT2D eigenvalue weighted by atomic mass is 10.1. The van der Waals surface area contributed by atoms with Crippen LogP contribution in [0.4, 0.5) is 0 Å². The number of benzene rings is 1. The van der Waals surface area contributed by atoms with E-state index >= 15 is 0 Å². The van der Waals surface area contributed by atoms with Crippen molar-refractivity contribution < 1.29 is 4.74 Å². The van der Waals surface area contributed by atoms with E-state index in [1.54, 1.807) is 0 Å². The molecule has 0 bridgehead atoms. The Morgan fingerprint density at radius 1 is 1.41 bits per heavy atom. The summed E-state index contributed by atoms with van der Waals surface area (Å²) in [5, 5.41) is 3.53. The molecule has 0 unspecified atom stereocenters. The highest BCUT2D eigenvalue weighted by Crippen LogP contribution is 2.23. The molecule has 2 rings (SSSR count). The maximum absolute atomic E-state index is 5.76. The highest BCUT2D eigenvalue weighted by molar-refractivity contribution is 5.37. The number of aryl methyl sites for hydroxylation is 1. The van der Waals surface area contributed by atoms with Gasteiger partial charge < -0.3 is 10.1 Å². The van der Waals surface area contributed by atoms with Gasteiger partial charge in [0, 0.05) is 18.2 Å². The van der Waals surface area contributed by atoms with E-state index in [9.17, 15) is 0 Å². The summed E-state index contributed by atoms with van der Waals surface area (Å²) < 4.78 is 5.76. The van der Waals surface area contributed by atoms with Crippen LogP contribution >= 0.6 is 0 Å². The summed E-state index contributed by atoms with van der Waals surface area (Å²) in [7, 11) is 0. The lowest BCUT2D eigenvalue weighted by Crippen LogP contribution is -2.16. The standard InChI is InChI=1S/C15H21NO/c1-3-4-9-17-15-8-5-12(2)10-13(15)11-16-14-6-7-14/h3-5,8,10,14,16H,6-7,9,11H2,1-2H3. The fraction of sp³-hybridized carbons (Fsp3) is 0.467. The number of hydrogen-bond acceptors (Lipinski definition) is 2. The normalized spacial score (nSPS) is 15.4. The van der Waals surface area contributed by atoms with Crippen LogP contribution in [0.15, 0.2) is 30.4 Å². The van der Waals surface area contributed by atoms with Crippen LogP contribution in [0.5, 0.6) is 5.75 Å². The van der Waals surface area contributed by atoms with Gasteiger partial charge in [0.1, 0.15) is 12.4 Å². The first-order valence-corrected chi connectivity index (χ1v) is 6.36. The van der Waals surface area contributed by atoms with Crippen LogP contribution in [0.3, 0.4) is 0 Å². The smallest absolute Gasteiger partial charge is 0.124 e. The summed E-state index contributed by atoms with van der Waals surface area (Å²) in [4.78, 5) is 0. The first-order valence-electron chi connectivity index (χ1n) is 6.36. The van der Waals surface area contributed by atoms with Crippen molar-refractivity contribution >= 4 is 0 Å². The molecule has 0 spiro atoms. The van der Waals surface area contributed by atoms with Gasteiger partial charge in [0.25, 0.3) is 0 Å². The van der Waals surface area contributed by atoms with Crippen LogP contribution < -0.4 is 10.1 Å². The Kier molecular flexibility index (Phi) is 4.21. The number of nitrogens with one attached hydrogen (secondary N) is 1. The van der Waals surface area contributed by atoms with Crippen molar-refractivity contribution in [1.29, 1.82) is 0 Å². The molecule has 1 N–H and O–H groups in total. The molecular formula is C15H21NO. The lowest BCUT2D eigenvalue weighted by Gasteiger charge is -2.11. The van der Waals surface area contributed by atoms with Crippen LogP contribution in [-0.4, -0.2) is 12.6 Å². The Bertz CT molecular complexity index is 394. The third-order valence-electron chi connectivity index (χ3n) is 2.95. The molecule has 0 heterocycles. The average molecular weight is 231 g/mol. The van der Waals surface area contributed by atoms with Crippen molar-refractivity contribution in [2.75, 3.05) is 6.61 Å². The lowest BCUT2D eigenvalue weighted by molar-refractivity contribution is 0.357. The SMILES string of the molecule is CC=CCOc1ccc(C)cc1CNC1CC1. The largest absolute Gasteiger partial charge is 0.489 e. The maximum Gasteiger partial charge on any atom is 0.124 e. The van der Waals surface area contributed by atoms with E-state index < -0.39 is 0 Å². The number of ether oxygens (including phenoxy) is 1. The molecule has 2 nitrogen and oxygen atoms in total. The van der Waals surface area contributed by atoms with Crippen molar-refractivity contribution in [3.05, 3.63) is 41.5 Å². The molecule has 1 aromatic carbocycles. The van der Waals surface area contributed by atoms with Gasteiger partial charge in [-0.1, -0.05) is 29.8 Å². The zero-order chi connectivity index (χ0) is 12.1. The van der Waals surface area contributed by atoms with Gasteiger partial charge >= 0.3 is 0 Å². The molecule has 0 amide bonds. The molecule has 1 aromatic rings. The highest BCUT2D eigenvalue weighted by atomic mass is 16.5. The van der Waals surface area contributed by atoms with Crippen molar-refractivity contribution in [2.24, 2.45) is 0 Å². The molecule has 1 fully saturated rings. The summed E-state index contributed by atoms with van der Waals surface area (Å²) >= 11 is 0. The van der Waals surface area contributed by atoms with E-state index in [1.807, 2.05) is 19.1 Å². The molecule has 0 aromatic heterocycles. The van der Waals surface area contributed by atoms with Gasteiger partial charge in [-0.25, -0.2) is 0 Å². The van der Waals surface area contributed by atoms with Crippen molar-refractivity contribution in [3.8, 4) is 5.75 Å². The second kappa shape index (κ2) is 5.87. The van der Waals surface area contributed by atoms with Crippen LogP contribution in [0.25, 0.3) is 0 Å². The third kappa shape index (κ3) is 3.90. The molecule has 0 atom stereocenters. The monoisotopic (exact) mass is 231 g/mol. The van der Waals surface area contributed by atoms with Gasteiger partial charge in [-0.3, -0.25) is 0 Å². The Labute approximate surface area is 104 Å². The predicted molar refractivity (Wildman–Crippen MR) is 71.3 cm³/mol. The minimum absolute atomic E-state index is 0.649. The molecular weight excluding hydrogens is 210 g/mol. The fourth-order valence-electron chi connectivity index (χ4n) is 1.76. The first-order chi connectivity index (χ1) is 8.29. The summed E-state index contributed by atoms with van der Waals surface area (Å²) in [6, 6.07) is 7.12. The quantitative estimate of drug-likeness (QED) is 0.759. The molecule has 92 valence electrons. The number of allylic oxidation sites excluding steroid dienone is 1. The van der Waals surface area contributed by atoms with E-state index in [0.29, 0.717) is 6.61 Å². The first kappa shape index (κ1) is 12.2. The van der Waals surface area contributed by atoms with Gasteiger partial charge in [0.05, 0.1) is 0 Å². The molecule has 1 aliphatic carbocycles. The molecule has 17 heavy (non-hydrogen) atoms. The van der Waals surface area contributed by atoms with E-state index in [4.69, 9.17) is 4.74 Å². The minimum Gasteiger partial charge on any atom is -0.489 e.